The Bertz CT molecular complexity index is 564. The van der Waals surface area contributed by atoms with Crippen molar-refractivity contribution in [3.05, 3.63) is 39.9 Å². The lowest BCUT2D eigenvalue weighted by Gasteiger charge is -2.12. The van der Waals surface area contributed by atoms with Gasteiger partial charge in [-0.2, -0.15) is 11.8 Å². The van der Waals surface area contributed by atoms with Crippen molar-refractivity contribution in [2.24, 2.45) is 0 Å². The van der Waals surface area contributed by atoms with Crippen LogP contribution in [0.2, 0.25) is 10.0 Å². The van der Waals surface area contributed by atoms with Gasteiger partial charge >= 0.3 is 5.97 Å². The van der Waals surface area contributed by atoms with Crippen LogP contribution in [-0.4, -0.2) is 34.5 Å². The summed E-state index contributed by atoms with van der Waals surface area (Å²) in [6.45, 7) is 2.00. The van der Waals surface area contributed by atoms with Crippen LogP contribution in [0.5, 0.6) is 0 Å². The lowest BCUT2D eigenvalue weighted by atomic mass is 10.2. The monoisotopic (exact) mass is 361 g/mol. The number of hydrogen-bond donors (Lipinski definition) is 2. The number of carboxylic acid groups (broad SMARTS) is 1. The lowest BCUT2D eigenvalue weighted by molar-refractivity contribution is -0.141. The highest BCUT2D eigenvalue weighted by atomic mass is 35.5. The molecule has 0 radical (unpaired) electrons. The van der Waals surface area contributed by atoms with Crippen molar-refractivity contribution < 1.29 is 14.7 Å². The number of halogens is 2. The minimum atomic E-state index is -1.04. The molecule has 0 bridgehead atoms. The highest BCUT2D eigenvalue weighted by Crippen LogP contribution is 2.21. The minimum Gasteiger partial charge on any atom is -0.480 e. The Balaban J connectivity index is 2.62. The Labute approximate surface area is 143 Å². The summed E-state index contributed by atoms with van der Waals surface area (Å²) >= 11 is 13.4. The molecule has 1 aromatic rings. The first-order chi connectivity index (χ1) is 10.4. The quantitative estimate of drug-likeness (QED) is 0.546. The van der Waals surface area contributed by atoms with E-state index in [1.807, 2.05) is 6.92 Å². The summed E-state index contributed by atoms with van der Waals surface area (Å²) < 4.78 is 0. The number of benzene rings is 1. The van der Waals surface area contributed by atoms with Crippen molar-refractivity contribution in [3.8, 4) is 0 Å². The van der Waals surface area contributed by atoms with Crippen molar-refractivity contribution in [2.75, 3.05) is 11.5 Å². The average Bonchev–Trinajstić information content (AvgIpc) is 2.45. The zero-order chi connectivity index (χ0) is 16.5. The van der Waals surface area contributed by atoms with Crippen molar-refractivity contribution in [1.29, 1.82) is 0 Å². The summed E-state index contributed by atoms with van der Waals surface area (Å²) in [6, 6.07) is 4.02. The molecule has 7 heteroatoms. The average molecular weight is 362 g/mol. The van der Waals surface area contributed by atoms with Crippen LogP contribution in [0.1, 0.15) is 18.9 Å². The van der Waals surface area contributed by atoms with E-state index in [2.05, 4.69) is 5.32 Å². The number of thioether (sulfide) groups is 1. The van der Waals surface area contributed by atoms with Crippen molar-refractivity contribution >= 4 is 52.9 Å². The van der Waals surface area contributed by atoms with Crippen LogP contribution in [0.4, 0.5) is 0 Å². The van der Waals surface area contributed by atoms with Crippen molar-refractivity contribution in [2.45, 2.75) is 19.4 Å². The Morgan fingerprint density at radius 1 is 1.41 bits per heavy atom. The van der Waals surface area contributed by atoms with Gasteiger partial charge in [-0.3, -0.25) is 4.79 Å². The van der Waals surface area contributed by atoms with Gasteiger partial charge in [-0.25, -0.2) is 4.79 Å². The number of carbonyl (C=O) groups excluding carboxylic acids is 1. The van der Waals surface area contributed by atoms with E-state index in [9.17, 15) is 9.59 Å². The molecule has 0 aliphatic carbocycles. The molecule has 4 nitrogen and oxygen atoms in total. The zero-order valence-electron chi connectivity index (χ0n) is 12.0. The number of amides is 1. The number of carbonyl (C=O) groups is 2. The Hall–Kier alpha value is -1.17. The number of hydrogen-bond acceptors (Lipinski definition) is 3. The van der Waals surface area contributed by atoms with E-state index >= 15 is 0 Å². The summed E-state index contributed by atoms with van der Waals surface area (Å²) in [5, 5.41) is 12.5. The molecule has 0 saturated carbocycles. The molecule has 0 saturated heterocycles. The second kappa shape index (κ2) is 9.77. The topological polar surface area (TPSA) is 66.4 Å². The first-order valence-electron chi connectivity index (χ1n) is 6.68. The van der Waals surface area contributed by atoms with Gasteiger partial charge in [-0.1, -0.05) is 36.2 Å². The largest absolute Gasteiger partial charge is 0.480 e. The molecule has 1 unspecified atom stereocenters. The predicted molar refractivity (Wildman–Crippen MR) is 92.7 cm³/mol. The molecule has 0 fully saturated rings. The molecule has 1 rings (SSSR count). The van der Waals surface area contributed by atoms with Gasteiger partial charge in [0.1, 0.15) is 6.04 Å². The summed E-state index contributed by atoms with van der Waals surface area (Å²) in [5.41, 5.74) is 0.634. The molecule has 0 heterocycles. The van der Waals surface area contributed by atoms with Gasteiger partial charge in [0.25, 0.3) is 0 Å². The van der Waals surface area contributed by atoms with E-state index in [-0.39, 0.29) is 0 Å². The standard InChI is InChI=1S/C15H17Cl2NO3S/c1-2-22-8-7-13(15(20)21)18-14(19)6-4-10-3-5-11(16)9-12(10)17/h3-6,9,13H,2,7-8H2,1H3,(H,18,19)(H,20,21)/b6-4+. The van der Waals surface area contributed by atoms with Gasteiger partial charge in [-0.15, -0.1) is 0 Å². The van der Waals surface area contributed by atoms with E-state index in [1.165, 1.54) is 12.2 Å². The van der Waals surface area contributed by atoms with E-state index in [1.54, 1.807) is 30.0 Å². The molecule has 22 heavy (non-hydrogen) atoms. The molecule has 1 atom stereocenters. The van der Waals surface area contributed by atoms with E-state index in [0.29, 0.717) is 27.8 Å². The van der Waals surface area contributed by atoms with Crippen molar-refractivity contribution in [3.63, 3.8) is 0 Å². The van der Waals surface area contributed by atoms with Crippen molar-refractivity contribution in [1.82, 2.24) is 5.32 Å². The fourth-order valence-corrected chi connectivity index (χ4v) is 2.79. The Kier molecular flexibility index (Phi) is 8.38. The molecule has 0 aliphatic heterocycles. The summed E-state index contributed by atoms with van der Waals surface area (Å²) in [5.74, 6) is 0.0818. The van der Waals surface area contributed by atoms with Crippen LogP contribution in [-0.2, 0) is 9.59 Å². The Morgan fingerprint density at radius 3 is 2.73 bits per heavy atom. The van der Waals surface area contributed by atoms with Gasteiger partial charge in [0.2, 0.25) is 5.91 Å². The Morgan fingerprint density at radius 2 is 2.14 bits per heavy atom. The van der Waals surface area contributed by atoms with Gasteiger partial charge in [0.15, 0.2) is 0 Å². The second-order valence-corrected chi connectivity index (χ2v) is 6.62. The third-order valence-corrected chi connectivity index (χ3v) is 4.24. The first-order valence-corrected chi connectivity index (χ1v) is 8.59. The highest BCUT2D eigenvalue weighted by Gasteiger charge is 2.18. The number of nitrogens with one attached hydrogen (secondary N) is 1. The summed E-state index contributed by atoms with van der Waals surface area (Å²) in [6.07, 6.45) is 3.17. The van der Waals surface area contributed by atoms with Crippen LogP contribution in [0.3, 0.4) is 0 Å². The minimum absolute atomic E-state index is 0.384. The SMILES string of the molecule is CCSCCC(NC(=O)/C=C/c1ccc(Cl)cc1Cl)C(=O)O. The molecule has 120 valence electrons. The third kappa shape index (κ3) is 6.73. The fraction of sp³-hybridized carbons (Fsp3) is 0.333. The highest BCUT2D eigenvalue weighted by molar-refractivity contribution is 7.99. The fourth-order valence-electron chi connectivity index (χ4n) is 1.62. The maximum absolute atomic E-state index is 11.8. The molecule has 0 aromatic heterocycles. The molecule has 2 N–H and O–H groups in total. The normalized spacial score (nSPS) is 12.3. The molecular formula is C15H17Cl2NO3S. The zero-order valence-corrected chi connectivity index (χ0v) is 14.3. The number of carboxylic acids is 1. The van der Waals surface area contributed by atoms with Gasteiger partial charge in [-0.05, 0) is 41.7 Å². The smallest absolute Gasteiger partial charge is 0.326 e. The molecular weight excluding hydrogens is 345 g/mol. The van der Waals surface area contributed by atoms with E-state index < -0.39 is 17.9 Å². The molecule has 1 amide bonds. The van der Waals surface area contributed by atoms with Crippen LogP contribution in [0.15, 0.2) is 24.3 Å². The molecule has 0 aliphatic rings. The second-order valence-electron chi connectivity index (χ2n) is 4.38. The van der Waals surface area contributed by atoms with Gasteiger partial charge < -0.3 is 10.4 Å². The molecule has 0 spiro atoms. The maximum atomic E-state index is 11.8. The van der Waals surface area contributed by atoms with E-state index in [4.69, 9.17) is 28.3 Å². The van der Waals surface area contributed by atoms with Crippen LogP contribution < -0.4 is 5.32 Å². The summed E-state index contributed by atoms with van der Waals surface area (Å²) in [4.78, 5) is 22.9. The summed E-state index contributed by atoms with van der Waals surface area (Å²) in [7, 11) is 0. The lowest BCUT2D eigenvalue weighted by Crippen LogP contribution is -2.40. The predicted octanol–water partition coefficient (Wildman–Crippen LogP) is 3.72. The maximum Gasteiger partial charge on any atom is 0.326 e. The number of aliphatic carboxylic acids is 1. The third-order valence-electron chi connectivity index (χ3n) is 2.75. The molecule has 1 aromatic carbocycles. The first kappa shape index (κ1) is 18.9. The van der Waals surface area contributed by atoms with Crippen LogP contribution in [0, 0.1) is 0 Å². The van der Waals surface area contributed by atoms with Crippen LogP contribution >= 0.6 is 35.0 Å². The van der Waals surface area contributed by atoms with Gasteiger partial charge in [0.05, 0.1) is 0 Å². The number of rotatable bonds is 8. The van der Waals surface area contributed by atoms with Gasteiger partial charge in [0, 0.05) is 16.1 Å². The van der Waals surface area contributed by atoms with Crippen LogP contribution in [0.25, 0.3) is 6.08 Å². The van der Waals surface area contributed by atoms with E-state index in [0.717, 1.165) is 5.75 Å².